The first kappa shape index (κ1) is 20.1. The van der Waals surface area contributed by atoms with Crippen LogP contribution >= 0.6 is 11.8 Å². The molecule has 3 aromatic rings. The summed E-state index contributed by atoms with van der Waals surface area (Å²) in [5, 5.41) is 17.3. The maximum atomic E-state index is 12.7. The monoisotopic (exact) mass is 417 g/mol. The Morgan fingerprint density at radius 1 is 1.18 bits per heavy atom. The van der Waals surface area contributed by atoms with Crippen LogP contribution in [0.4, 0.5) is 0 Å². The minimum absolute atomic E-state index is 0.0280. The smallest absolute Gasteiger partial charge is 0.251 e. The van der Waals surface area contributed by atoms with E-state index < -0.39 is 10.0 Å². The fourth-order valence-electron chi connectivity index (χ4n) is 2.97. The van der Waals surface area contributed by atoms with E-state index in [9.17, 15) is 18.4 Å². The van der Waals surface area contributed by atoms with E-state index in [1.807, 2.05) is 18.4 Å². The van der Waals surface area contributed by atoms with Crippen LogP contribution in [0.25, 0.3) is 5.69 Å². The number of rotatable bonds is 6. The summed E-state index contributed by atoms with van der Waals surface area (Å²) >= 11 is 1.19. The van der Waals surface area contributed by atoms with Crippen molar-refractivity contribution in [1.29, 1.82) is 0 Å². The number of hydrogen-bond acceptors (Lipinski definition) is 5. The molecule has 146 valence electrons. The number of pyridine rings is 1. The molecule has 2 aromatic heterocycles. The van der Waals surface area contributed by atoms with Gasteiger partial charge in [0, 0.05) is 34.8 Å². The third-order valence-electron chi connectivity index (χ3n) is 4.29. The first-order valence-corrected chi connectivity index (χ1v) is 10.9. The van der Waals surface area contributed by atoms with Crippen molar-refractivity contribution in [2.75, 3.05) is 5.75 Å². The summed E-state index contributed by atoms with van der Waals surface area (Å²) < 4.78 is 25.4. The Bertz CT molecular complexity index is 1140. The standard InChI is InChI=1S/C19H19N3O4S2/c1-13-11-17(18(23)12-27-19-5-3-4-10-21(19)24)14(2)22(13)15-6-8-16(9-7-15)28(20,25)26/h3-11H,12H2,1-2H3,(H2,20,25,26). The predicted molar refractivity (Wildman–Crippen MR) is 107 cm³/mol. The second-order valence-corrected chi connectivity index (χ2v) is 8.79. The van der Waals surface area contributed by atoms with Gasteiger partial charge < -0.3 is 9.77 Å². The highest BCUT2D eigenvalue weighted by molar-refractivity contribution is 7.99. The molecule has 0 radical (unpaired) electrons. The Morgan fingerprint density at radius 2 is 1.86 bits per heavy atom. The molecule has 0 aliphatic heterocycles. The summed E-state index contributed by atoms with van der Waals surface area (Å²) in [4.78, 5) is 12.7. The van der Waals surface area contributed by atoms with Crippen molar-refractivity contribution < 1.29 is 17.9 Å². The van der Waals surface area contributed by atoms with E-state index in [1.54, 1.807) is 36.4 Å². The van der Waals surface area contributed by atoms with Crippen LogP contribution in [0.1, 0.15) is 21.7 Å². The van der Waals surface area contributed by atoms with Crippen LogP contribution in [0.5, 0.6) is 0 Å². The largest absolute Gasteiger partial charge is 0.618 e. The van der Waals surface area contributed by atoms with Crippen molar-refractivity contribution in [2.24, 2.45) is 5.14 Å². The molecule has 0 aliphatic carbocycles. The van der Waals surface area contributed by atoms with Crippen LogP contribution in [0.2, 0.25) is 0 Å². The molecule has 2 N–H and O–H groups in total. The lowest BCUT2D eigenvalue weighted by molar-refractivity contribution is -0.645. The van der Waals surface area contributed by atoms with Gasteiger partial charge in [0.05, 0.1) is 10.6 Å². The number of benzene rings is 1. The lowest BCUT2D eigenvalue weighted by Crippen LogP contribution is -2.28. The van der Waals surface area contributed by atoms with Gasteiger partial charge >= 0.3 is 0 Å². The van der Waals surface area contributed by atoms with Crippen molar-refractivity contribution in [2.45, 2.75) is 23.8 Å². The Morgan fingerprint density at radius 3 is 2.46 bits per heavy atom. The number of primary sulfonamides is 1. The van der Waals surface area contributed by atoms with Gasteiger partial charge in [-0.3, -0.25) is 4.79 Å². The quantitative estimate of drug-likeness (QED) is 0.287. The summed E-state index contributed by atoms with van der Waals surface area (Å²) in [5.74, 6) is 0.0512. The number of aromatic nitrogens is 2. The predicted octanol–water partition coefficient (Wildman–Crippen LogP) is 2.35. The highest BCUT2D eigenvalue weighted by Crippen LogP contribution is 2.24. The molecule has 0 spiro atoms. The average molecular weight is 418 g/mol. The maximum absolute atomic E-state index is 12.7. The van der Waals surface area contributed by atoms with E-state index in [4.69, 9.17) is 5.14 Å². The lowest BCUT2D eigenvalue weighted by atomic mass is 10.2. The van der Waals surface area contributed by atoms with Crippen LogP contribution < -0.4 is 9.87 Å². The number of nitrogens with two attached hydrogens (primary N) is 1. The van der Waals surface area contributed by atoms with E-state index in [-0.39, 0.29) is 16.4 Å². The van der Waals surface area contributed by atoms with E-state index in [1.165, 1.54) is 30.1 Å². The maximum Gasteiger partial charge on any atom is 0.251 e. The molecule has 0 bridgehead atoms. The number of Topliss-reactive ketones (excluding diaryl/α,β-unsaturated/α-hetero) is 1. The molecule has 3 rings (SSSR count). The van der Waals surface area contributed by atoms with Crippen molar-refractivity contribution in [3.05, 3.63) is 76.9 Å². The number of sulfonamides is 1. The van der Waals surface area contributed by atoms with Crippen molar-refractivity contribution >= 4 is 27.6 Å². The van der Waals surface area contributed by atoms with Crippen LogP contribution in [-0.2, 0) is 10.0 Å². The Kier molecular flexibility index (Phi) is 5.59. The zero-order chi connectivity index (χ0) is 20.5. The number of thioether (sulfide) groups is 1. The molecule has 7 nitrogen and oxygen atoms in total. The van der Waals surface area contributed by atoms with Gasteiger partial charge in [-0.1, -0.05) is 0 Å². The number of aryl methyl sites for hydroxylation is 1. The van der Waals surface area contributed by atoms with Gasteiger partial charge in [0.1, 0.15) is 0 Å². The van der Waals surface area contributed by atoms with Gasteiger partial charge in [0.25, 0.3) is 5.03 Å². The van der Waals surface area contributed by atoms with Crippen LogP contribution in [0.15, 0.2) is 64.6 Å². The second-order valence-electron chi connectivity index (χ2n) is 6.24. The summed E-state index contributed by atoms with van der Waals surface area (Å²) in [7, 11) is -3.76. The fourth-order valence-corrected chi connectivity index (χ4v) is 4.28. The molecule has 0 saturated carbocycles. The van der Waals surface area contributed by atoms with E-state index in [2.05, 4.69) is 0 Å². The zero-order valence-electron chi connectivity index (χ0n) is 15.3. The van der Waals surface area contributed by atoms with E-state index >= 15 is 0 Å². The van der Waals surface area contributed by atoms with Gasteiger partial charge in [-0.2, -0.15) is 4.73 Å². The van der Waals surface area contributed by atoms with Crippen molar-refractivity contribution in [1.82, 2.24) is 4.57 Å². The molecule has 0 unspecified atom stereocenters. The molecule has 1 aromatic carbocycles. The molecule has 28 heavy (non-hydrogen) atoms. The van der Waals surface area contributed by atoms with Crippen molar-refractivity contribution in [3.63, 3.8) is 0 Å². The van der Waals surface area contributed by atoms with Crippen molar-refractivity contribution in [3.8, 4) is 5.69 Å². The Balaban J connectivity index is 1.85. The van der Waals surface area contributed by atoms with Crippen LogP contribution in [0, 0.1) is 19.1 Å². The number of carbonyl (C=O) groups is 1. The van der Waals surface area contributed by atoms with Crippen LogP contribution in [0.3, 0.4) is 0 Å². The number of nitrogens with zero attached hydrogens (tertiary/aromatic N) is 2. The first-order valence-electron chi connectivity index (χ1n) is 8.35. The Labute approximate surface area is 167 Å². The van der Waals surface area contributed by atoms with E-state index in [0.29, 0.717) is 10.6 Å². The zero-order valence-corrected chi connectivity index (χ0v) is 17.0. The van der Waals surface area contributed by atoms with Gasteiger partial charge in [-0.15, -0.1) is 0 Å². The SMILES string of the molecule is Cc1cc(C(=O)CSc2cccc[n+]2[O-])c(C)n1-c1ccc(S(N)(=O)=O)cc1. The molecular formula is C19H19N3O4S2. The highest BCUT2D eigenvalue weighted by atomic mass is 32.2. The lowest BCUT2D eigenvalue weighted by Gasteiger charge is -2.10. The minimum Gasteiger partial charge on any atom is -0.618 e. The fraction of sp³-hybridized carbons (Fsp3) is 0.158. The summed E-state index contributed by atoms with van der Waals surface area (Å²) in [5.41, 5.74) is 2.88. The molecule has 0 aliphatic rings. The minimum atomic E-state index is -3.76. The molecule has 0 amide bonds. The molecular weight excluding hydrogens is 398 g/mol. The third-order valence-corrected chi connectivity index (χ3v) is 6.24. The molecule has 0 atom stereocenters. The van der Waals surface area contributed by atoms with Gasteiger partial charge in [0.15, 0.2) is 12.0 Å². The first-order chi connectivity index (χ1) is 13.2. The number of ketones is 1. The van der Waals surface area contributed by atoms with E-state index in [0.717, 1.165) is 21.8 Å². The third kappa shape index (κ3) is 4.11. The number of carbonyl (C=O) groups excluding carboxylic acids is 1. The van der Waals surface area contributed by atoms with Gasteiger partial charge in [0.2, 0.25) is 10.0 Å². The molecule has 0 saturated heterocycles. The summed E-state index contributed by atoms with van der Waals surface area (Å²) in [6.07, 6.45) is 1.39. The molecule has 2 heterocycles. The number of hydrogen-bond donors (Lipinski definition) is 1. The summed E-state index contributed by atoms with van der Waals surface area (Å²) in [6.45, 7) is 3.70. The van der Waals surface area contributed by atoms with Gasteiger partial charge in [-0.25, -0.2) is 13.6 Å². The molecule has 9 heteroatoms. The second kappa shape index (κ2) is 7.78. The van der Waals surface area contributed by atoms with Crippen LogP contribution in [-0.4, -0.2) is 24.5 Å². The van der Waals surface area contributed by atoms with Gasteiger partial charge in [-0.05, 0) is 62.0 Å². The topological polar surface area (TPSA) is 109 Å². The normalized spacial score (nSPS) is 11.5. The highest BCUT2D eigenvalue weighted by Gasteiger charge is 2.18. The average Bonchev–Trinajstić information content (AvgIpc) is 2.94. The molecule has 0 fully saturated rings. The summed E-state index contributed by atoms with van der Waals surface area (Å²) in [6, 6.07) is 13.0. The Hall–Kier alpha value is -2.62.